The van der Waals surface area contributed by atoms with Crippen LogP contribution in [0.4, 0.5) is 0 Å². The summed E-state index contributed by atoms with van der Waals surface area (Å²) >= 11 is 12.8. The monoisotopic (exact) mass is 323 g/mol. The van der Waals surface area contributed by atoms with E-state index in [2.05, 4.69) is 18.4 Å². The van der Waals surface area contributed by atoms with E-state index in [0.717, 1.165) is 22.8 Å². The van der Waals surface area contributed by atoms with Crippen molar-refractivity contribution >= 4 is 23.2 Å². The molecule has 0 saturated heterocycles. The molecule has 4 aliphatic carbocycles. The Hall–Kier alpha value is -0.240. The lowest BCUT2D eigenvalue weighted by atomic mass is 9.47. The van der Waals surface area contributed by atoms with Crippen LogP contribution < -0.4 is 5.32 Å². The third-order valence-electron chi connectivity index (χ3n) is 6.28. The maximum absolute atomic E-state index is 6.53. The highest BCUT2D eigenvalue weighted by Gasteiger charge is 2.54. The van der Waals surface area contributed by atoms with E-state index in [0.29, 0.717) is 16.5 Å². The van der Waals surface area contributed by atoms with E-state index in [1.807, 2.05) is 12.1 Å². The second-order valence-electron chi connectivity index (χ2n) is 7.64. The maximum atomic E-state index is 6.53. The van der Waals surface area contributed by atoms with Gasteiger partial charge in [-0.15, -0.1) is 0 Å². The molecule has 0 radical (unpaired) electrons. The summed E-state index contributed by atoms with van der Waals surface area (Å²) < 4.78 is 0. The Morgan fingerprint density at radius 3 is 2.14 bits per heavy atom. The SMILES string of the molecule is CNC(c1cccc(Cl)c1Cl)C12CC3CC(CC(C3)C1)C2. The third-order valence-corrected chi connectivity index (χ3v) is 7.11. The normalized spacial score (nSPS) is 38.7. The van der Waals surface area contributed by atoms with Crippen LogP contribution in [0.2, 0.25) is 10.0 Å². The molecule has 4 saturated carbocycles. The fourth-order valence-electron chi connectivity index (χ4n) is 6.07. The van der Waals surface area contributed by atoms with Crippen LogP contribution in [0, 0.1) is 23.2 Å². The fraction of sp³-hybridized carbons (Fsp3) is 0.667. The molecule has 4 aliphatic rings. The first-order valence-corrected chi connectivity index (χ1v) is 8.98. The van der Waals surface area contributed by atoms with Crippen LogP contribution in [0.25, 0.3) is 0 Å². The average molecular weight is 324 g/mol. The topological polar surface area (TPSA) is 12.0 Å². The molecule has 21 heavy (non-hydrogen) atoms. The summed E-state index contributed by atoms with van der Waals surface area (Å²) in [5.41, 5.74) is 1.60. The van der Waals surface area contributed by atoms with Crippen molar-refractivity contribution in [3.05, 3.63) is 33.8 Å². The van der Waals surface area contributed by atoms with Gasteiger partial charge in [0.05, 0.1) is 10.0 Å². The molecule has 4 fully saturated rings. The molecule has 0 heterocycles. The molecule has 5 rings (SSSR count). The van der Waals surface area contributed by atoms with Crippen molar-refractivity contribution in [2.24, 2.45) is 23.2 Å². The lowest BCUT2D eigenvalue weighted by molar-refractivity contribution is -0.0735. The third kappa shape index (κ3) is 2.24. The summed E-state index contributed by atoms with van der Waals surface area (Å²) in [6.45, 7) is 0. The second kappa shape index (κ2) is 5.15. The highest BCUT2D eigenvalue weighted by atomic mass is 35.5. The van der Waals surface area contributed by atoms with E-state index < -0.39 is 0 Å². The Bertz CT molecular complexity index is 519. The van der Waals surface area contributed by atoms with Gasteiger partial charge in [-0.3, -0.25) is 0 Å². The summed E-state index contributed by atoms with van der Waals surface area (Å²) in [5.74, 6) is 2.85. The Labute approximate surface area is 137 Å². The molecule has 1 N–H and O–H groups in total. The Morgan fingerprint density at radius 1 is 1.05 bits per heavy atom. The van der Waals surface area contributed by atoms with Crippen molar-refractivity contribution in [2.45, 2.75) is 44.6 Å². The van der Waals surface area contributed by atoms with Crippen LogP contribution in [0.3, 0.4) is 0 Å². The van der Waals surface area contributed by atoms with Gasteiger partial charge in [0, 0.05) is 6.04 Å². The molecule has 0 aliphatic heterocycles. The number of rotatable bonds is 3. The van der Waals surface area contributed by atoms with Crippen LogP contribution in [0.5, 0.6) is 0 Å². The van der Waals surface area contributed by atoms with Crippen molar-refractivity contribution < 1.29 is 0 Å². The summed E-state index contributed by atoms with van der Waals surface area (Å²) in [4.78, 5) is 0. The minimum atomic E-state index is 0.345. The molecule has 1 atom stereocenters. The highest BCUT2D eigenvalue weighted by molar-refractivity contribution is 6.42. The van der Waals surface area contributed by atoms with Gasteiger partial charge in [-0.25, -0.2) is 0 Å². The van der Waals surface area contributed by atoms with Crippen LogP contribution in [0.15, 0.2) is 18.2 Å². The van der Waals surface area contributed by atoms with Gasteiger partial charge in [0.15, 0.2) is 0 Å². The molecular weight excluding hydrogens is 301 g/mol. The molecule has 3 heteroatoms. The number of nitrogens with one attached hydrogen (secondary N) is 1. The summed E-state index contributed by atoms with van der Waals surface area (Å²) in [7, 11) is 2.08. The molecule has 1 aromatic rings. The van der Waals surface area contributed by atoms with E-state index >= 15 is 0 Å². The molecule has 1 nitrogen and oxygen atoms in total. The van der Waals surface area contributed by atoms with E-state index in [-0.39, 0.29) is 0 Å². The van der Waals surface area contributed by atoms with Crippen LogP contribution >= 0.6 is 23.2 Å². The number of hydrogen-bond acceptors (Lipinski definition) is 1. The van der Waals surface area contributed by atoms with Gasteiger partial charge in [-0.1, -0.05) is 35.3 Å². The zero-order chi connectivity index (χ0) is 14.6. The van der Waals surface area contributed by atoms with Crippen molar-refractivity contribution in [2.75, 3.05) is 7.05 Å². The molecule has 0 aromatic heterocycles. The molecular formula is C18H23Cl2N. The summed E-state index contributed by atoms with van der Waals surface area (Å²) in [6.07, 6.45) is 8.52. The molecule has 0 spiro atoms. The van der Waals surface area contributed by atoms with Crippen molar-refractivity contribution in [3.63, 3.8) is 0 Å². The minimum absolute atomic E-state index is 0.345. The quantitative estimate of drug-likeness (QED) is 0.777. The van der Waals surface area contributed by atoms with E-state index in [9.17, 15) is 0 Å². The number of benzene rings is 1. The molecule has 4 bridgehead atoms. The summed E-state index contributed by atoms with van der Waals surface area (Å²) in [5, 5.41) is 5.02. The van der Waals surface area contributed by atoms with E-state index in [1.54, 1.807) is 0 Å². The van der Waals surface area contributed by atoms with E-state index in [4.69, 9.17) is 23.2 Å². The first-order valence-electron chi connectivity index (χ1n) is 8.22. The lowest BCUT2D eigenvalue weighted by Crippen LogP contribution is -2.51. The highest BCUT2D eigenvalue weighted by Crippen LogP contribution is 2.64. The van der Waals surface area contributed by atoms with Gasteiger partial charge >= 0.3 is 0 Å². The van der Waals surface area contributed by atoms with Crippen molar-refractivity contribution in [3.8, 4) is 0 Å². The molecule has 1 unspecified atom stereocenters. The van der Waals surface area contributed by atoms with Gasteiger partial charge in [-0.2, -0.15) is 0 Å². The predicted molar refractivity (Wildman–Crippen MR) is 88.9 cm³/mol. The zero-order valence-electron chi connectivity index (χ0n) is 12.5. The molecule has 0 amide bonds. The first-order chi connectivity index (χ1) is 10.1. The van der Waals surface area contributed by atoms with Crippen molar-refractivity contribution in [1.82, 2.24) is 5.32 Å². The van der Waals surface area contributed by atoms with Crippen LogP contribution in [0.1, 0.15) is 50.1 Å². The first kappa shape index (κ1) is 14.4. The number of hydrogen-bond donors (Lipinski definition) is 1. The molecule has 1 aromatic carbocycles. The fourth-order valence-corrected chi connectivity index (χ4v) is 6.48. The predicted octanol–water partition coefficient (Wildman–Crippen LogP) is 5.47. The lowest BCUT2D eigenvalue weighted by Gasteiger charge is -2.59. The largest absolute Gasteiger partial charge is 0.312 e. The second-order valence-corrected chi connectivity index (χ2v) is 8.43. The smallest absolute Gasteiger partial charge is 0.0640 e. The van der Waals surface area contributed by atoms with Crippen molar-refractivity contribution in [1.29, 1.82) is 0 Å². The standard InChI is InChI=1S/C18H23Cl2N/c1-21-17(14-3-2-4-15(19)16(14)20)18-8-11-5-12(9-18)7-13(6-11)10-18/h2-4,11-13,17,21H,5-10H2,1H3. The Kier molecular flexibility index (Phi) is 3.52. The molecule has 114 valence electrons. The summed E-state index contributed by atoms with van der Waals surface area (Å²) in [6, 6.07) is 6.43. The van der Waals surface area contributed by atoms with Crippen LogP contribution in [-0.4, -0.2) is 7.05 Å². The van der Waals surface area contributed by atoms with Gasteiger partial charge in [0.25, 0.3) is 0 Å². The van der Waals surface area contributed by atoms with Gasteiger partial charge in [-0.05, 0) is 80.4 Å². The maximum Gasteiger partial charge on any atom is 0.0640 e. The van der Waals surface area contributed by atoms with Crippen LogP contribution in [-0.2, 0) is 0 Å². The average Bonchev–Trinajstić information content (AvgIpc) is 2.42. The van der Waals surface area contributed by atoms with Gasteiger partial charge < -0.3 is 5.32 Å². The zero-order valence-corrected chi connectivity index (χ0v) is 14.1. The Balaban J connectivity index is 1.74. The number of halogens is 2. The van der Waals surface area contributed by atoms with E-state index in [1.165, 1.54) is 44.1 Å². The minimum Gasteiger partial charge on any atom is -0.312 e. The van der Waals surface area contributed by atoms with Gasteiger partial charge in [0.1, 0.15) is 0 Å². The van der Waals surface area contributed by atoms with Gasteiger partial charge in [0.2, 0.25) is 0 Å². The Morgan fingerprint density at radius 2 is 1.62 bits per heavy atom.